The molecule has 2 rings (SSSR count). The predicted molar refractivity (Wildman–Crippen MR) is 105 cm³/mol. The Morgan fingerprint density at radius 2 is 2.04 bits per heavy atom. The molecule has 0 bridgehead atoms. The van der Waals surface area contributed by atoms with Crippen LogP contribution in [-0.4, -0.2) is 24.2 Å². The van der Waals surface area contributed by atoms with E-state index in [1.807, 2.05) is 18.2 Å². The van der Waals surface area contributed by atoms with E-state index in [4.69, 9.17) is 16.3 Å². The molecule has 1 aromatic heterocycles. The van der Waals surface area contributed by atoms with Crippen molar-refractivity contribution >= 4 is 51.6 Å². The van der Waals surface area contributed by atoms with Crippen molar-refractivity contribution in [2.45, 2.75) is 25.2 Å². The number of nitriles is 1. The molecule has 0 aliphatic rings. The van der Waals surface area contributed by atoms with Crippen LogP contribution in [0.3, 0.4) is 0 Å². The quantitative estimate of drug-likeness (QED) is 0.521. The van der Waals surface area contributed by atoms with Crippen molar-refractivity contribution in [2.75, 3.05) is 17.7 Å². The van der Waals surface area contributed by atoms with Crippen LogP contribution >= 0.6 is 34.7 Å². The number of nitrogens with one attached hydrogen (secondary N) is 1. The number of ether oxygens (including phenoxy) is 1. The number of amides is 1. The highest BCUT2D eigenvalue weighted by molar-refractivity contribution is 7.99. The Morgan fingerprint density at radius 3 is 2.65 bits per heavy atom. The number of benzene rings is 1. The summed E-state index contributed by atoms with van der Waals surface area (Å²) in [5.74, 6) is -0.102. The molecule has 1 N–H and O–H groups in total. The van der Waals surface area contributed by atoms with Crippen molar-refractivity contribution in [1.29, 1.82) is 5.26 Å². The first-order chi connectivity index (χ1) is 12.5. The second-order valence-corrected chi connectivity index (χ2v) is 7.82. The molecule has 26 heavy (non-hydrogen) atoms. The molecule has 0 atom stereocenters. The van der Waals surface area contributed by atoms with Crippen LogP contribution in [0.2, 0.25) is 5.02 Å². The van der Waals surface area contributed by atoms with Gasteiger partial charge in [0.1, 0.15) is 15.9 Å². The fourth-order valence-corrected chi connectivity index (χ4v) is 4.15. The number of esters is 1. The van der Waals surface area contributed by atoms with Crippen molar-refractivity contribution in [3.05, 3.63) is 45.3 Å². The summed E-state index contributed by atoms with van der Waals surface area (Å²) in [6.45, 7) is 3.64. The smallest absolute Gasteiger partial charge is 0.348 e. The second kappa shape index (κ2) is 9.62. The Balaban J connectivity index is 1.97. The van der Waals surface area contributed by atoms with E-state index in [1.165, 1.54) is 0 Å². The molecule has 8 heteroatoms. The fourth-order valence-electron chi connectivity index (χ4n) is 2.11. The van der Waals surface area contributed by atoms with Gasteiger partial charge in [0.05, 0.1) is 12.2 Å². The first-order valence-electron chi connectivity index (χ1n) is 7.85. The SMILES string of the molecule is CCOC(=O)c1sc(NC(=O)CCSc2ccc(Cl)cc2)c(C#N)c1C. The number of halogens is 1. The Morgan fingerprint density at radius 1 is 1.35 bits per heavy atom. The van der Waals surface area contributed by atoms with Crippen molar-refractivity contribution in [1.82, 2.24) is 0 Å². The maximum absolute atomic E-state index is 12.2. The summed E-state index contributed by atoms with van der Waals surface area (Å²) < 4.78 is 4.99. The minimum Gasteiger partial charge on any atom is -0.462 e. The Labute approximate surface area is 165 Å². The zero-order chi connectivity index (χ0) is 19.1. The third kappa shape index (κ3) is 5.24. The molecule has 1 heterocycles. The van der Waals surface area contributed by atoms with Crippen LogP contribution in [0.1, 0.15) is 34.1 Å². The number of rotatable bonds is 7. The van der Waals surface area contributed by atoms with Gasteiger partial charge in [-0.25, -0.2) is 4.79 Å². The van der Waals surface area contributed by atoms with E-state index in [-0.39, 0.29) is 18.9 Å². The highest BCUT2D eigenvalue weighted by Gasteiger charge is 2.22. The zero-order valence-corrected chi connectivity index (χ0v) is 16.7. The van der Waals surface area contributed by atoms with E-state index >= 15 is 0 Å². The maximum Gasteiger partial charge on any atom is 0.348 e. The first kappa shape index (κ1) is 20.3. The van der Waals surface area contributed by atoms with Crippen molar-refractivity contribution < 1.29 is 14.3 Å². The summed E-state index contributed by atoms with van der Waals surface area (Å²) in [5, 5.41) is 13.1. The van der Waals surface area contributed by atoms with Gasteiger partial charge in [-0.1, -0.05) is 11.6 Å². The third-order valence-electron chi connectivity index (χ3n) is 3.38. The summed E-state index contributed by atoms with van der Waals surface area (Å²) in [5.41, 5.74) is 0.832. The number of thioether (sulfide) groups is 1. The van der Waals surface area contributed by atoms with E-state index in [1.54, 1.807) is 37.7 Å². The van der Waals surface area contributed by atoms with Gasteiger partial charge < -0.3 is 10.1 Å². The number of nitrogens with zero attached hydrogens (tertiary/aromatic N) is 1. The highest BCUT2D eigenvalue weighted by atomic mass is 35.5. The molecule has 5 nitrogen and oxygen atoms in total. The van der Waals surface area contributed by atoms with Gasteiger partial charge in [0.15, 0.2) is 0 Å². The maximum atomic E-state index is 12.2. The van der Waals surface area contributed by atoms with Gasteiger partial charge in [-0.15, -0.1) is 23.1 Å². The number of thiophene rings is 1. The average molecular weight is 409 g/mol. The number of hydrogen-bond donors (Lipinski definition) is 1. The van der Waals surface area contributed by atoms with E-state index in [0.717, 1.165) is 16.2 Å². The van der Waals surface area contributed by atoms with Crippen LogP contribution in [-0.2, 0) is 9.53 Å². The molecule has 0 fully saturated rings. The lowest BCUT2D eigenvalue weighted by Crippen LogP contribution is -2.12. The summed E-state index contributed by atoms with van der Waals surface area (Å²) in [7, 11) is 0. The molecule has 1 amide bonds. The molecule has 0 aliphatic carbocycles. The summed E-state index contributed by atoms with van der Waals surface area (Å²) >= 11 is 8.45. The monoisotopic (exact) mass is 408 g/mol. The zero-order valence-electron chi connectivity index (χ0n) is 14.3. The van der Waals surface area contributed by atoms with Gasteiger partial charge in [-0.3, -0.25) is 4.79 Å². The van der Waals surface area contributed by atoms with E-state index in [0.29, 0.717) is 31.8 Å². The van der Waals surface area contributed by atoms with Gasteiger partial charge in [-0.2, -0.15) is 5.26 Å². The van der Waals surface area contributed by atoms with Crippen molar-refractivity contribution in [3.8, 4) is 6.07 Å². The summed E-state index contributed by atoms with van der Waals surface area (Å²) in [6.07, 6.45) is 0.282. The minimum atomic E-state index is -0.481. The van der Waals surface area contributed by atoms with E-state index < -0.39 is 5.97 Å². The molecule has 0 radical (unpaired) electrons. The molecule has 1 aromatic carbocycles. The van der Waals surface area contributed by atoms with Gasteiger partial charge in [-0.05, 0) is 43.7 Å². The molecule has 136 valence electrons. The van der Waals surface area contributed by atoms with Gasteiger partial charge in [0.2, 0.25) is 5.91 Å². The molecule has 0 saturated heterocycles. The lowest BCUT2D eigenvalue weighted by atomic mass is 10.2. The molecular formula is C18H17ClN2O3S2. The van der Waals surface area contributed by atoms with E-state index in [2.05, 4.69) is 5.32 Å². The Bertz CT molecular complexity index is 841. The number of carbonyl (C=O) groups is 2. The first-order valence-corrected chi connectivity index (χ1v) is 10.0. The van der Waals surface area contributed by atoms with Crippen LogP contribution in [0.25, 0.3) is 0 Å². The Kier molecular flexibility index (Phi) is 7.51. The van der Waals surface area contributed by atoms with Crippen molar-refractivity contribution in [2.24, 2.45) is 0 Å². The van der Waals surface area contributed by atoms with Crippen LogP contribution in [0, 0.1) is 18.3 Å². The number of carbonyl (C=O) groups excluding carboxylic acids is 2. The predicted octanol–water partition coefficient (Wildman–Crippen LogP) is 4.88. The molecular weight excluding hydrogens is 392 g/mol. The molecule has 2 aromatic rings. The molecule has 0 saturated carbocycles. The summed E-state index contributed by atoms with van der Waals surface area (Å²) in [4.78, 5) is 25.5. The normalized spacial score (nSPS) is 10.2. The Hall–Kier alpha value is -2.01. The lowest BCUT2D eigenvalue weighted by molar-refractivity contribution is -0.115. The van der Waals surface area contributed by atoms with Crippen molar-refractivity contribution in [3.63, 3.8) is 0 Å². The topological polar surface area (TPSA) is 79.2 Å². The van der Waals surface area contributed by atoms with Gasteiger partial charge >= 0.3 is 5.97 Å². The standard InChI is InChI=1S/C18H17ClN2O3S2/c1-3-24-18(23)16-11(2)14(10-20)17(26-16)21-15(22)8-9-25-13-6-4-12(19)5-7-13/h4-7H,3,8-9H2,1-2H3,(H,21,22). The minimum absolute atomic E-state index is 0.209. The molecule has 0 unspecified atom stereocenters. The molecule has 0 spiro atoms. The molecule has 0 aliphatic heterocycles. The fraction of sp³-hybridized carbons (Fsp3) is 0.278. The summed E-state index contributed by atoms with van der Waals surface area (Å²) in [6, 6.07) is 9.44. The third-order valence-corrected chi connectivity index (χ3v) is 5.84. The largest absolute Gasteiger partial charge is 0.462 e. The van der Waals surface area contributed by atoms with Crippen LogP contribution < -0.4 is 5.32 Å². The second-order valence-electron chi connectivity index (χ2n) is 5.19. The van der Waals surface area contributed by atoms with Gasteiger partial charge in [0, 0.05) is 22.1 Å². The highest BCUT2D eigenvalue weighted by Crippen LogP contribution is 2.33. The van der Waals surface area contributed by atoms with Crippen LogP contribution in [0.4, 0.5) is 5.00 Å². The van der Waals surface area contributed by atoms with Crippen LogP contribution in [0.15, 0.2) is 29.2 Å². The lowest BCUT2D eigenvalue weighted by Gasteiger charge is -2.04. The number of anilines is 1. The average Bonchev–Trinajstić information content (AvgIpc) is 2.92. The van der Waals surface area contributed by atoms with Gasteiger partial charge in [0.25, 0.3) is 0 Å². The van der Waals surface area contributed by atoms with E-state index in [9.17, 15) is 14.9 Å². The van der Waals surface area contributed by atoms with Crippen LogP contribution in [0.5, 0.6) is 0 Å². The number of hydrogen-bond acceptors (Lipinski definition) is 6.